The average Bonchev–Trinajstić information content (AvgIpc) is 2.54. The highest BCUT2D eigenvalue weighted by Gasteiger charge is 2.14. The van der Waals surface area contributed by atoms with E-state index in [9.17, 15) is 9.18 Å². The fraction of sp³-hybridized carbons (Fsp3) is 0.235. The Hall–Kier alpha value is -2.74. The first-order valence-corrected chi connectivity index (χ1v) is 6.81. The molecule has 2 rings (SSSR count). The van der Waals surface area contributed by atoms with Gasteiger partial charge in [0, 0.05) is 11.3 Å². The van der Waals surface area contributed by atoms with Gasteiger partial charge in [0.15, 0.2) is 11.5 Å². The molecule has 0 amide bonds. The molecule has 0 fully saturated rings. The summed E-state index contributed by atoms with van der Waals surface area (Å²) in [5.41, 5.74) is 1.57. The molecule has 0 aliphatic heterocycles. The van der Waals surface area contributed by atoms with Gasteiger partial charge < -0.3 is 4.74 Å². The number of hydrogen-bond donors (Lipinski definition) is 0. The molecule has 0 aliphatic carbocycles. The van der Waals surface area contributed by atoms with Gasteiger partial charge in [0.2, 0.25) is 0 Å². The number of nitrogens with zero attached hydrogens (tertiary/aromatic N) is 2. The fourth-order valence-corrected chi connectivity index (χ4v) is 1.99. The topological polar surface area (TPSA) is 52.1 Å². The van der Waals surface area contributed by atoms with Gasteiger partial charge in [0.1, 0.15) is 5.82 Å². The third kappa shape index (κ3) is 3.29. The highest BCUT2D eigenvalue weighted by atomic mass is 19.1. The van der Waals surface area contributed by atoms with E-state index < -0.39 is 11.8 Å². The maximum absolute atomic E-state index is 13.5. The second kappa shape index (κ2) is 6.81. The number of benzene rings is 1. The minimum absolute atomic E-state index is 0.126. The minimum atomic E-state index is -0.541. The van der Waals surface area contributed by atoms with Crippen LogP contribution in [-0.2, 0) is 11.2 Å². The van der Waals surface area contributed by atoms with E-state index in [-0.39, 0.29) is 11.3 Å². The Kier molecular flexibility index (Phi) is 4.84. The molecule has 22 heavy (non-hydrogen) atoms. The molecule has 1 aromatic carbocycles. The molecule has 0 radical (unpaired) electrons. The van der Waals surface area contributed by atoms with Crippen LogP contribution >= 0.6 is 0 Å². The van der Waals surface area contributed by atoms with Crippen molar-refractivity contribution < 1.29 is 13.9 Å². The maximum Gasteiger partial charge on any atom is 0.356 e. The third-order valence-corrected chi connectivity index (χ3v) is 3.06. The molecule has 0 unspecified atom stereocenters. The van der Waals surface area contributed by atoms with Gasteiger partial charge in [-0.1, -0.05) is 19.3 Å². The molecule has 1 heterocycles. The van der Waals surface area contributed by atoms with Gasteiger partial charge in [-0.05, 0) is 30.7 Å². The van der Waals surface area contributed by atoms with Crippen molar-refractivity contribution in [3.63, 3.8) is 0 Å². The van der Waals surface area contributed by atoms with Gasteiger partial charge in [-0.3, -0.25) is 0 Å². The molecule has 5 heteroatoms. The number of terminal acetylenes is 1. The standard InChI is InChI=1S/C17H15FN2O2/c1-4-6-13-10-15(17(21)22-3)20-16(19-13)12-7-8-14(18)11(5-2)9-12/h2,7-10H,4,6H2,1,3H3. The van der Waals surface area contributed by atoms with E-state index in [0.29, 0.717) is 17.8 Å². The molecule has 0 N–H and O–H groups in total. The number of ether oxygens (including phenoxy) is 1. The highest BCUT2D eigenvalue weighted by Crippen LogP contribution is 2.20. The molecular weight excluding hydrogens is 283 g/mol. The van der Waals surface area contributed by atoms with E-state index >= 15 is 0 Å². The van der Waals surface area contributed by atoms with Crippen molar-refractivity contribution in [2.45, 2.75) is 19.8 Å². The van der Waals surface area contributed by atoms with Crippen LogP contribution in [0.2, 0.25) is 0 Å². The molecule has 0 atom stereocenters. The SMILES string of the molecule is C#Cc1cc(-c2nc(CCC)cc(C(=O)OC)n2)ccc1F. The molecule has 112 valence electrons. The van der Waals surface area contributed by atoms with Crippen LogP contribution in [0.25, 0.3) is 11.4 Å². The molecule has 0 aliphatic rings. The van der Waals surface area contributed by atoms with E-state index in [1.165, 1.54) is 25.3 Å². The van der Waals surface area contributed by atoms with E-state index in [1.54, 1.807) is 6.07 Å². The lowest BCUT2D eigenvalue weighted by atomic mass is 10.1. The van der Waals surface area contributed by atoms with E-state index in [0.717, 1.165) is 12.1 Å². The minimum Gasteiger partial charge on any atom is -0.464 e. The van der Waals surface area contributed by atoms with Gasteiger partial charge in [-0.2, -0.15) is 0 Å². The van der Waals surface area contributed by atoms with Crippen molar-refractivity contribution in [2.24, 2.45) is 0 Å². The van der Waals surface area contributed by atoms with Crippen molar-refractivity contribution in [3.8, 4) is 23.7 Å². The second-order valence-corrected chi connectivity index (χ2v) is 4.65. The molecule has 4 nitrogen and oxygen atoms in total. The molecule has 0 saturated heterocycles. The van der Waals surface area contributed by atoms with Crippen LogP contribution in [0.1, 0.15) is 35.1 Å². The van der Waals surface area contributed by atoms with Crippen LogP contribution in [0.15, 0.2) is 24.3 Å². The number of halogens is 1. The van der Waals surface area contributed by atoms with Gasteiger partial charge in [-0.15, -0.1) is 6.42 Å². The van der Waals surface area contributed by atoms with Crippen molar-refractivity contribution in [1.82, 2.24) is 9.97 Å². The number of aromatic nitrogens is 2. The summed E-state index contributed by atoms with van der Waals surface area (Å²) in [6.07, 6.45) is 6.84. The lowest BCUT2D eigenvalue weighted by molar-refractivity contribution is 0.0593. The average molecular weight is 298 g/mol. The van der Waals surface area contributed by atoms with Crippen LogP contribution < -0.4 is 0 Å². The molecule has 1 aromatic heterocycles. The number of rotatable bonds is 4. The van der Waals surface area contributed by atoms with Crippen molar-refractivity contribution in [3.05, 3.63) is 47.0 Å². The fourth-order valence-electron chi connectivity index (χ4n) is 1.99. The quantitative estimate of drug-likeness (QED) is 0.643. The number of methoxy groups -OCH3 is 1. The van der Waals surface area contributed by atoms with Gasteiger partial charge >= 0.3 is 5.97 Å². The van der Waals surface area contributed by atoms with Crippen molar-refractivity contribution in [2.75, 3.05) is 7.11 Å². The van der Waals surface area contributed by atoms with Crippen LogP contribution in [0.5, 0.6) is 0 Å². The van der Waals surface area contributed by atoms with Crippen molar-refractivity contribution >= 4 is 5.97 Å². The van der Waals surface area contributed by atoms with Crippen molar-refractivity contribution in [1.29, 1.82) is 0 Å². The summed E-state index contributed by atoms with van der Waals surface area (Å²) < 4.78 is 18.2. The Morgan fingerprint density at radius 3 is 2.77 bits per heavy atom. The van der Waals surface area contributed by atoms with Gasteiger partial charge in [0.25, 0.3) is 0 Å². The molecular formula is C17H15FN2O2. The summed E-state index contributed by atoms with van der Waals surface area (Å²) in [5, 5.41) is 0. The summed E-state index contributed by atoms with van der Waals surface area (Å²) >= 11 is 0. The van der Waals surface area contributed by atoms with Crippen LogP contribution in [-0.4, -0.2) is 23.0 Å². The van der Waals surface area contributed by atoms with E-state index in [1.807, 2.05) is 6.92 Å². The smallest absolute Gasteiger partial charge is 0.356 e. The maximum atomic E-state index is 13.5. The van der Waals surface area contributed by atoms with Gasteiger partial charge in [-0.25, -0.2) is 19.2 Å². The number of carbonyl (C=O) groups excluding carboxylic acids is 1. The first kappa shape index (κ1) is 15.6. The van der Waals surface area contributed by atoms with E-state index in [2.05, 4.69) is 15.9 Å². The lowest BCUT2D eigenvalue weighted by Gasteiger charge is -2.07. The Morgan fingerprint density at radius 2 is 2.14 bits per heavy atom. The first-order chi connectivity index (χ1) is 10.6. The summed E-state index contributed by atoms with van der Waals surface area (Å²) in [6, 6.07) is 5.88. The largest absolute Gasteiger partial charge is 0.464 e. The molecule has 2 aromatic rings. The summed E-state index contributed by atoms with van der Waals surface area (Å²) in [7, 11) is 1.29. The zero-order valence-corrected chi connectivity index (χ0v) is 12.4. The number of aryl methyl sites for hydroxylation is 1. The summed E-state index contributed by atoms with van der Waals surface area (Å²) in [4.78, 5) is 20.3. The van der Waals surface area contributed by atoms with Gasteiger partial charge in [0.05, 0.1) is 12.7 Å². The summed E-state index contributed by atoms with van der Waals surface area (Å²) in [6.45, 7) is 2.01. The number of carbonyl (C=O) groups is 1. The Morgan fingerprint density at radius 1 is 1.36 bits per heavy atom. The Labute approximate surface area is 128 Å². The van der Waals surface area contributed by atoms with Crippen LogP contribution in [0.3, 0.4) is 0 Å². The van der Waals surface area contributed by atoms with Crippen LogP contribution in [0, 0.1) is 18.2 Å². The van der Waals surface area contributed by atoms with Crippen LogP contribution in [0.4, 0.5) is 4.39 Å². The lowest BCUT2D eigenvalue weighted by Crippen LogP contribution is -2.08. The Balaban J connectivity index is 2.56. The predicted octanol–water partition coefficient (Wildman–Crippen LogP) is 3.00. The Bertz CT molecular complexity index is 751. The summed E-state index contributed by atoms with van der Waals surface area (Å²) in [5.74, 6) is 1.57. The normalized spacial score (nSPS) is 10.1. The molecule has 0 saturated carbocycles. The number of esters is 1. The second-order valence-electron chi connectivity index (χ2n) is 4.65. The monoisotopic (exact) mass is 298 g/mol. The molecule has 0 spiro atoms. The van der Waals surface area contributed by atoms with E-state index in [4.69, 9.17) is 11.2 Å². The zero-order valence-electron chi connectivity index (χ0n) is 12.4. The zero-order chi connectivity index (χ0) is 16.1. The number of hydrogen-bond acceptors (Lipinski definition) is 4. The first-order valence-electron chi connectivity index (χ1n) is 6.81. The predicted molar refractivity (Wildman–Crippen MR) is 80.7 cm³/mol. The highest BCUT2D eigenvalue weighted by molar-refractivity contribution is 5.87. The molecule has 0 bridgehead atoms. The third-order valence-electron chi connectivity index (χ3n) is 3.06.